The summed E-state index contributed by atoms with van der Waals surface area (Å²) in [7, 11) is -4.09. The van der Waals surface area contributed by atoms with Gasteiger partial charge in [0.2, 0.25) is 0 Å². The second kappa shape index (κ2) is 8.25. The molecule has 2 N–H and O–H groups in total. The first kappa shape index (κ1) is 22.1. The van der Waals surface area contributed by atoms with Crippen LogP contribution in [0.3, 0.4) is 0 Å². The van der Waals surface area contributed by atoms with Crippen molar-refractivity contribution < 1.29 is 13.5 Å². The van der Waals surface area contributed by atoms with Crippen LogP contribution in [0, 0.1) is 26.7 Å². The highest BCUT2D eigenvalue weighted by atomic mass is 35.5. The molecule has 1 aliphatic heterocycles. The van der Waals surface area contributed by atoms with Gasteiger partial charge in [0.15, 0.2) is 5.75 Å². The van der Waals surface area contributed by atoms with Crippen molar-refractivity contribution in [1.29, 1.82) is 0 Å². The normalized spacial score (nSPS) is 15.6. The number of phenols is 1. The molecule has 1 aliphatic rings. The largest absolute Gasteiger partial charge is 0.505 e. The van der Waals surface area contributed by atoms with Crippen LogP contribution in [-0.2, 0) is 10.0 Å². The third-order valence-electron chi connectivity index (χ3n) is 5.55. The minimum atomic E-state index is -4.09. The minimum Gasteiger partial charge on any atom is -0.505 e. The van der Waals surface area contributed by atoms with Crippen LogP contribution in [0.5, 0.6) is 5.75 Å². The summed E-state index contributed by atoms with van der Waals surface area (Å²) in [5.41, 5.74) is 4.37. The molecule has 0 aromatic heterocycles. The molecule has 2 aromatic carbocycles. The maximum Gasteiger partial charge on any atom is 0.265 e. The molecular weight excluding hydrogens is 431 g/mol. The standard InChI is InChI=1S/C21H26Cl2N2O3S/c1-12-5-7-25(8-6-12)20-14(3)9-13(2)19(15(20)4)24-29(27,28)18-11-16(22)10-17(23)21(18)26/h9-12,24,26H,5-8H2,1-4H3. The topological polar surface area (TPSA) is 69.6 Å². The SMILES string of the molecule is Cc1cc(C)c(N2CCC(C)CC2)c(C)c1NS(=O)(=O)c1cc(Cl)cc(Cl)c1O. The number of aromatic hydroxyl groups is 1. The Morgan fingerprint density at radius 2 is 1.69 bits per heavy atom. The second-order valence-corrected chi connectivity index (χ2v) is 10.4. The van der Waals surface area contributed by atoms with Gasteiger partial charge in [0.25, 0.3) is 10.0 Å². The Hall–Kier alpha value is -1.63. The predicted octanol–water partition coefficient (Wildman–Crippen LogP) is 5.66. The zero-order chi connectivity index (χ0) is 21.5. The molecule has 29 heavy (non-hydrogen) atoms. The first-order valence-corrected chi connectivity index (χ1v) is 11.8. The van der Waals surface area contributed by atoms with Crippen LogP contribution in [0.15, 0.2) is 23.1 Å². The molecule has 0 bridgehead atoms. The van der Waals surface area contributed by atoms with Crippen molar-refractivity contribution in [3.63, 3.8) is 0 Å². The highest BCUT2D eigenvalue weighted by Crippen LogP contribution is 2.39. The highest BCUT2D eigenvalue weighted by molar-refractivity contribution is 7.92. The maximum atomic E-state index is 13.0. The van der Waals surface area contributed by atoms with Crippen molar-refractivity contribution in [2.75, 3.05) is 22.7 Å². The summed E-state index contributed by atoms with van der Waals surface area (Å²) in [6, 6.07) is 4.48. The summed E-state index contributed by atoms with van der Waals surface area (Å²) in [6.45, 7) is 9.99. The van der Waals surface area contributed by atoms with Gasteiger partial charge in [0, 0.05) is 23.8 Å². The molecule has 2 aromatic rings. The van der Waals surface area contributed by atoms with E-state index < -0.39 is 15.8 Å². The minimum absolute atomic E-state index is 0.113. The Morgan fingerprint density at radius 3 is 2.31 bits per heavy atom. The van der Waals surface area contributed by atoms with E-state index in [1.807, 2.05) is 26.8 Å². The van der Waals surface area contributed by atoms with Crippen molar-refractivity contribution in [2.24, 2.45) is 5.92 Å². The van der Waals surface area contributed by atoms with Crippen LogP contribution in [0.1, 0.15) is 36.5 Å². The van der Waals surface area contributed by atoms with Gasteiger partial charge in [-0.05, 0) is 68.4 Å². The van der Waals surface area contributed by atoms with Crippen LogP contribution in [0.4, 0.5) is 11.4 Å². The summed E-state index contributed by atoms with van der Waals surface area (Å²) in [4.78, 5) is 1.98. The molecule has 0 atom stereocenters. The number of halogens is 2. The Kier molecular flexibility index (Phi) is 6.27. The molecule has 0 amide bonds. The third kappa shape index (κ3) is 4.44. The Bertz CT molecular complexity index is 1050. The first-order valence-electron chi connectivity index (χ1n) is 9.58. The molecule has 1 heterocycles. The Balaban J connectivity index is 2.04. The molecule has 0 spiro atoms. The van der Waals surface area contributed by atoms with Crippen LogP contribution in [0.25, 0.3) is 0 Å². The molecule has 0 saturated carbocycles. The number of rotatable bonds is 4. The average Bonchev–Trinajstić information content (AvgIpc) is 2.63. The molecule has 3 rings (SSSR count). The molecule has 0 aliphatic carbocycles. The van der Waals surface area contributed by atoms with E-state index in [4.69, 9.17) is 23.2 Å². The molecular formula is C21H26Cl2N2O3S. The molecule has 8 heteroatoms. The lowest BCUT2D eigenvalue weighted by Crippen LogP contribution is -2.34. The number of sulfonamides is 1. The van der Waals surface area contributed by atoms with Crippen LogP contribution in [0.2, 0.25) is 10.0 Å². The predicted molar refractivity (Wildman–Crippen MR) is 120 cm³/mol. The lowest BCUT2D eigenvalue weighted by Gasteiger charge is -2.35. The van der Waals surface area contributed by atoms with Crippen molar-refractivity contribution in [3.05, 3.63) is 44.9 Å². The lowest BCUT2D eigenvalue weighted by molar-refractivity contribution is 0.438. The number of nitrogens with one attached hydrogen (secondary N) is 1. The fourth-order valence-electron chi connectivity index (χ4n) is 3.99. The van der Waals surface area contributed by atoms with Crippen LogP contribution >= 0.6 is 23.2 Å². The van der Waals surface area contributed by atoms with E-state index in [2.05, 4.69) is 16.5 Å². The molecule has 158 valence electrons. The fraction of sp³-hybridized carbons (Fsp3) is 0.429. The molecule has 0 radical (unpaired) electrons. The van der Waals surface area contributed by atoms with Gasteiger partial charge >= 0.3 is 0 Å². The van der Waals surface area contributed by atoms with Gasteiger partial charge in [0.05, 0.1) is 10.7 Å². The van der Waals surface area contributed by atoms with E-state index in [0.717, 1.165) is 48.3 Å². The number of benzene rings is 2. The summed E-state index contributed by atoms with van der Waals surface area (Å²) >= 11 is 11.9. The maximum absolute atomic E-state index is 13.0. The number of phenolic OH excluding ortho intramolecular Hbond substituents is 1. The molecule has 1 fully saturated rings. The van der Waals surface area contributed by atoms with E-state index in [0.29, 0.717) is 11.6 Å². The lowest BCUT2D eigenvalue weighted by atomic mass is 9.95. The van der Waals surface area contributed by atoms with E-state index in [-0.39, 0.29) is 14.9 Å². The summed E-state index contributed by atoms with van der Waals surface area (Å²) in [6.07, 6.45) is 2.23. The smallest absolute Gasteiger partial charge is 0.265 e. The monoisotopic (exact) mass is 456 g/mol. The number of hydrogen-bond acceptors (Lipinski definition) is 4. The van der Waals surface area contributed by atoms with E-state index in [1.165, 1.54) is 12.1 Å². The van der Waals surface area contributed by atoms with Gasteiger partial charge in [-0.15, -0.1) is 0 Å². The fourth-order valence-corrected chi connectivity index (χ4v) is 5.94. The molecule has 0 unspecified atom stereocenters. The van der Waals surface area contributed by atoms with Crippen molar-refractivity contribution in [3.8, 4) is 5.75 Å². The van der Waals surface area contributed by atoms with Crippen molar-refractivity contribution >= 4 is 44.6 Å². The first-order chi connectivity index (χ1) is 13.5. The average molecular weight is 457 g/mol. The van der Waals surface area contributed by atoms with Gasteiger partial charge in [0.1, 0.15) is 4.90 Å². The van der Waals surface area contributed by atoms with Crippen LogP contribution in [-0.4, -0.2) is 26.6 Å². The highest BCUT2D eigenvalue weighted by Gasteiger charge is 2.26. The summed E-state index contributed by atoms with van der Waals surface area (Å²) in [5.74, 6) is 0.182. The number of hydrogen-bond donors (Lipinski definition) is 2. The number of aryl methyl sites for hydroxylation is 2. The Morgan fingerprint density at radius 1 is 1.07 bits per heavy atom. The van der Waals surface area contributed by atoms with E-state index >= 15 is 0 Å². The summed E-state index contributed by atoms with van der Waals surface area (Å²) in [5, 5.41) is 10.2. The number of nitrogens with zero attached hydrogens (tertiary/aromatic N) is 1. The van der Waals surface area contributed by atoms with Crippen LogP contribution < -0.4 is 9.62 Å². The van der Waals surface area contributed by atoms with Crippen molar-refractivity contribution in [1.82, 2.24) is 0 Å². The van der Waals surface area contributed by atoms with Gasteiger partial charge in [-0.1, -0.05) is 36.2 Å². The number of piperidine rings is 1. The van der Waals surface area contributed by atoms with E-state index in [9.17, 15) is 13.5 Å². The van der Waals surface area contributed by atoms with Gasteiger partial charge in [-0.25, -0.2) is 8.42 Å². The second-order valence-electron chi connectivity index (χ2n) is 7.87. The van der Waals surface area contributed by atoms with Crippen molar-refractivity contribution in [2.45, 2.75) is 45.4 Å². The van der Waals surface area contributed by atoms with Gasteiger partial charge < -0.3 is 10.0 Å². The quantitative estimate of drug-likeness (QED) is 0.622. The zero-order valence-corrected chi connectivity index (χ0v) is 19.3. The zero-order valence-electron chi connectivity index (χ0n) is 17.0. The molecule has 1 saturated heterocycles. The third-order valence-corrected chi connectivity index (χ3v) is 7.42. The Labute approximate surface area is 182 Å². The van der Waals surface area contributed by atoms with Gasteiger partial charge in [-0.2, -0.15) is 0 Å². The molecule has 5 nitrogen and oxygen atoms in total. The van der Waals surface area contributed by atoms with Gasteiger partial charge in [-0.3, -0.25) is 4.72 Å². The summed E-state index contributed by atoms with van der Waals surface area (Å²) < 4.78 is 28.7. The van der Waals surface area contributed by atoms with E-state index in [1.54, 1.807) is 0 Å². The number of anilines is 2.